The molecule has 0 radical (unpaired) electrons. The van der Waals surface area contributed by atoms with Gasteiger partial charge in [-0.15, -0.1) is 0 Å². The fraction of sp³-hybridized carbons (Fsp3) is 1.00. The first kappa shape index (κ1) is 11.8. The number of rotatable bonds is 2. The van der Waals surface area contributed by atoms with Crippen LogP contribution in [0.5, 0.6) is 0 Å². The highest BCUT2D eigenvalue weighted by Crippen LogP contribution is 2.39. The van der Waals surface area contributed by atoms with E-state index in [1.807, 2.05) is 0 Å². The Morgan fingerprint density at radius 1 is 1.43 bits per heavy atom. The second-order valence-corrected chi connectivity index (χ2v) is 5.75. The number of sulfone groups is 1. The van der Waals surface area contributed by atoms with Crippen molar-refractivity contribution in [3.8, 4) is 0 Å². The van der Waals surface area contributed by atoms with Gasteiger partial charge in [0.25, 0.3) is 5.92 Å². The minimum Gasteiger partial charge on any atom is -0.325 e. The summed E-state index contributed by atoms with van der Waals surface area (Å²) in [7, 11) is -3.69. The lowest BCUT2D eigenvalue weighted by Crippen LogP contribution is -2.55. The molecule has 0 aliphatic carbocycles. The van der Waals surface area contributed by atoms with Crippen LogP contribution in [0.25, 0.3) is 0 Å². The van der Waals surface area contributed by atoms with Crippen molar-refractivity contribution in [2.24, 2.45) is 5.73 Å². The molecule has 0 aromatic heterocycles. The summed E-state index contributed by atoms with van der Waals surface area (Å²) in [6, 6.07) is 0. The molecule has 2 N–H and O–H groups in total. The van der Waals surface area contributed by atoms with Crippen molar-refractivity contribution in [3.05, 3.63) is 0 Å². The molecule has 84 valence electrons. The smallest absolute Gasteiger partial charge is 0.294 e. The first-order valence-electron chi connectivity index (χ1n) is 4.20. The highest BCUT2D eigenvalue weighted by atomic mass is 32.2. The number of alkyl halides is 3. The van der Waals surface area contributed by atoms with E-state index in [0.717, 1.165) is 0 Å². The molecule has 0 aromatic rings. The van der Waals surface area contributed by atoms with E-state index in [9.17, 15) is 21.6 Å². The zero-order valence-corrected chi connectivity index (χ0v) is 8.29. The van der Waals surface area contributed by atoms with Crippen LogP contribution in [-0.4, -0.2) is 38.1 Å². The minimum atomic E-state index is -3.76. The van der Waals surface area contributed by atoms with E-state index in [-0.39, 0.29) is 12.2 Å². The molecular weight excluding hydrogens is 219 g/mol. The van der Waals surface area contributed by atoms with Gasteiger partial charge in [0, 0.05) is 0 Å². The van der Waals surface area contributed by atoms with Crippen LogP contribution >= 0.6 is 0 Å². The first-order valence-corrected chi connectivity index (χ1v) is 6.02. The fourth-order valence-electron chi connectivity index (χ4n) is 1.54. The summed E-state index contributed by atoms with van der Waals surface area (Å²) in [5.41, 5.74) is 1.74. The predicted octanol–water partition coefficient (Wildman–Crippen LogP) is 0.497. The number of halogens is 3. The Bertz CT molecular complexity index is 317. The third kappa shape index (κ3) is 2.03. The van der Waals surface area contributed by atoms with Gasteiger partial charge in [-0.05, 0) is 12.8 Å². The third-order valence-corrected chi connectivity index (χ3v) is 4.20. The number of nitrogens with two attached hydrogens (primary N) is 1. The highest BCUT2D eigenvalue weighted by molar-refractivity contribution is 7.91. The molecule has 1 rings (SSSR count). The number of hydrogen-bond acceptors (Lipinski definition) is 3. The Hall–Kier alpha value is -0.300. The molecule has 3 nitrogen and oxygen atoms in total. The molecule has 0 bridgehead atoms. The maximum Gasteiger partial charge on any atom is 0.294 e. The lowest BCUT2D eigenvalue weighted by molar-refractivity contribution is -0.124. The van der Waals surface area contributed by atoms with E-state index in [4.69, 9.17) is 5.73 Å². The monoisotopic (exact) mass is 231 g/mol. The summed E-state index contributed by atoms with van der Waals surface area (Å²) in [6.45, 7) is -1.17. The van der Waals surface area contributed by atoms with E-state index < -0.39 is 40.1 Å². The van der Waals surface area contributed by atoms with Gasteiger partial charge >= 0.3 is 0 Å². The molecule has 1 atom stereocenters. The molecular formula is C7H12F3NO2S. The van der Waals surface area contributed by atoms with Crippen molar-refractivity contribution in [3.63, 3.8) is 0 Å². The van der Waals surface area contributed by atoms with Crippen molar-refractivity contribution in [1.29, 1.82) is 0 Å². The van der Waals surface area contributed by atoms with Gasteiger partial charge in [-0.2, -0.15) is 0 Å². The van der Waals surface area contributed by atoms with Crippen molar-refractivity contribution < 1.29 is 21.6 Å². The van der Waals surface area contributed by atoms with E-state index in [1.165, 1.54) is 0 Å². The molecule has 0 spiro atoms. The van der Waals surface area contributed by atoms with Crippen molar-refractivity contribution in [1.82, 2.24) is 0 Å². The molecule has 0 saturated carbocycles. The SMILES string of the molecule is NCC(F)(F)C1(F)CCCS(=O)(=O)C1. The second kappa shape index (κ2) is 3.37. The van der Waals surface area contributed by atoms with Crippen LogP contribution in [-0.2, 0) is 9.84 Å². The molecule has 14 heavy (non-hydrogen) atoms. The maximum absolute atomic E-state index is 13.6. The largest absolute Gasteiger partial charge is 0.325 e. The van der Waals surface area contributed by atoms with Crippen LogP contribution < -0.4 is 5.73 Å². The van der Waals surface area contributed by atoms with Crippen LogP contribution in [0.15, 0.2) is 0 Å². The van der Waals surface area contributed by atoms with E-state index in [2.05, 4.69) is 0 Å². The van der Waals surface area contributed by atoms with Gasteiger partial charge in [-0.1, -0.05) is 0 Å². The Morgan fingerprint density at radius 2 is 2.00 bits per heavy atom. The summed E-state index contributed by atoms with van der Waals surface area (Å²) in [5.74, 6) is -5.11. The van der Waals surface area contributed by atoms with E-state index in [0.29, 0.717) is 0 Å². The van der Waals surface area contributed by atoms with Crippen LogP contribution in [0.1, 0.15) is 12.8 Å². The van der Waals surface area contributed by atoms with Gasteiger partial charge in [0.05, 0.1) is 18.1 Å². The Labute approximate surface area is 80.4 Å². The zero-order chi connectivity index (χ0) is 11.0. The summed E-state index contributed by atoms with van der Waals surface area (Å²) in [4.78, 5) is 0. The van der Waals surface area contributed by atoms with Crippen LogP contribution in [0.2, 0.25) is 0 Å². The highest BCUT2D eigenvalue weighted by Gasteiger charge is 2.57. The minimum absolute atomic E-state index is 0.0750. The van der Waals surface area contributed by atoms with Gasteiger partial charge in [0.15, 0.2) is 15.5 Å². The molecule has 1 aliphatic rings. The molecule has 1 aliphatic heterocycles. The quantitative estimate of drug-likeness (QED) is 0.752. The molecule has 1 saturated heterocycles. The molecule has 0 amide bonds. The average Bonchev–Trinajstić information content (AvgIpc) is 2.01. The van der Waals surface area contributed by atoms with Crippen LogP contribution in [0, 0.1) is 0 Å². The zero-order valence-electron chi connectivity index (χ0n) is 7.47. The van der Waals surface area contributed by atoms with Gasteiger partial charge in [0.2, 0.25) is 0 Å². The second-order valence-electron chi connectivity index (χ2n) is 3.57. The Kier molecular flexibility index (Phi) is 2.84. The third-order valence-electron chi connectivity index (χ3n) is 2.39. The molecule has 7 heteroatoms. The van der Waals surface area contributed by atoms with Gasteiger partial charge in [0.1, 0.15) is 0 Å². The average molecular weight is 231 g/mol. The lowest BCUT2D eigenvalue weighted by atomic mass is 9.94. The summed E-state index contributed by atoms with van der Waals surface area (Å²) in [6.07, 6.45) is -0.523. The maximum atomic E-state index is 13.6. The normalized spacial score (nSPS) is 32.9. The lowest BCUT2D eigenvalue weighted by Gasteiger charge is -2.35. The van der Waals surface area contributed by atoms with Crippen LogP contribution in [0.3, 0.4) is 0 Å². The topological polar surface area (TPSA) is 60.2 Å². The van der Waals surface area contributed by atoms with Crippen molar-refractivity contribution >= 4 is 9.84 Å². The summed E-state index contributed by atoms with van der Waals surface area (Å²) >= 11 is 0. The standard InChI is InChI=1S/C7H12F3NO2S/c8-6(7(9,10)4-11)2-1-3-14(12,13)5-6/h1-5,11H2. The van der Waals surface area contributed by atoms with Gasteiger partial charge < -0.3 is 5.73 Å². The van der Waals surface area contributed by atoms with Crippen LogP contribution in [0.4, 0.5) is 13.2 Å². The summed E-state index contributed by atoms with van der Waals surface area (Å²) < 4.78 is 61.7. The fourth-order valence-corrected chi connectivity index (χ4v) is 3.32. The van der Waals surface area contributed by atoms with Crippen molar-refractivity contribution in [2.45, 2.75) is 24.4 Å². The van der Waals surface area contributed by atoms with E-state index >= 15 is 0 Å². The first-order chi connectivity index (χ1) is 6.22. The molecule has 1 unspecified atom stereocenters. The Morgan fingerprint density at radius 3 is 2.43 bits per heavy atom. The van der Waals surface area contributed by atoms with Gasteiger partial charge in [-0.25, -0.2) is 21.6 Å². The number of hydrogen-bond donors (Lipinski definition) is 1. The van der Waals surface area contributed by atoms with Crippen molar-refractivity contribution in [2.75, 3.05) is 18.1 Å². The van der Waals surface area contributed by atoms with E-state index in [1.54, 1.807) is 0 Å². The predicted molar refractivity (Wildman–Crippen MR) is 45.7 cm³/mol. The van der Waals surface area contributed by atoms with Gasteiger partial charge in [-0.3, -0.25) is 0 Å². The molecule has 1 fully saturated rings. The molecule has 1 heterocycles. The summed E-state index contributed by atoms with van der Waals surface area (Å²) in [5, 5.41) is 0. The molecule has 0 aromatic carbocycles. The Balaban J connectivity index is 2.95.